The standard InChI is InChI=1S/C13H21NO3S2/c1-9-8-13(10(2)18-9)19(16,17)14-11-6-4-3-5-7-12(11)15/h8,11-12,14-15H,3-7H2,1-2H3. The molecule has 4 nitrogen and oxygen atoms in total. The summed E-state index contributed by atoms with van der Waals surface area (Å²) in [6, 6.07) is 1.35. The minimum absolute atomic E-state index is 0.353. The van der Waals surface area contributed by atoms with E-state index in [1.54, 1.807) is 6.07 Å². The predicted molar refractivity (Wildman–Crippen MR) is 77.0 cm³/mol. The molecule has 0 aliphatic heterocycles. The summed E-state index contributed by atoms with van der Waals surface area (Å²) in [5.41, 5.74) is 0. The number of nitrogens with one attached hydrogen (secondary N) is 1. The van der Waals surface area contributed by atoms with Gasteiger partial charge in [0.15, 0.2) is 0 Å². The number of sulfonamides is 1. The van der Waals surface area contributed by atoms with Gasteiger partial charge in [0.05, 0.1) is 11.0 Å². The van der Waals surface area contributed by atoms with Gasteiger partial charge >= 0.3 is 0 Å². The third-order valence-corrected chi connectivity index (χ3v) is 6.28. The van der Waals surface area contributed by atoms with E-state index < -0.39 is 16.1 Å². The van der Waals surface area contributed by atoms with Gasteiger partial charge in [-0.15, -0.1) is 11.3 Å². The molecule has 0 radical (unpaired) electrons. The molecule has 6 heteroatoms. The Morgan fingerprint density at radius 2 is 1.95 bits per heavy atom. The van der Waals surface area contributed by atoms with Crippen molar-refractivity contribution in [2.24, 2.45) is 0 Å². The Balaban J connectivity index is 2.18. The lowest BCUT2D eigenvalue weighted by Crippen LogP contribution is -2.42. The second-order valence-electron chi connectivity index (χ2n) is 5.21. The van der Waals surface area contributed by atoms with Crippen molar-refractivity contribution in [3.8, 4) is 0 Å². The van der Waals surface area contributed by atoms with E-state index in [1.165, 1.54) is 11.3 Å². The van der Waals surface area contributed by atoms with Gasteiger partial charge in [-0.2, -0.15) is 0 Å². The quantitative estimate of drug-likeness (QED) is 0.842. The molecule has 0 amide bonds. The van der Waals surface area contributed by atoms with Crippen LogP contribution in [0.15, 0.2) is 11.0 Å². The first kappa shape index (κ1) is 15.0. The number of rotatable bonds is 3. The van der Waals surface area contributed by atoms with Crippen LogP contribution in [0, 0.1) is 13.8 Å². The summed E-state index contributed by atoms with van der Waals surface area (Å²) in [7, 11) is -3.52. The fourth-order valence-corrected chi connectivity index (χ4v) is 5.42. The maximum absolute atomic E-state index is 12.4. The van der Waals surface area contributed by atoms with Gasteiger partial charge in [0.1, 0.15) is 0 Å². The first-order chi connectivity index (χ1) is 8.90. The van der Waals surface area contributed by atoms with E-state index in [1.807, 2.05) is 13.8 Å². The average molecular weight is 303 g/mol. The second kappa shape index (κ2) is 5.91. The van der Waals surface area contributed by atoms with Crippen molar-refractivity contribution in [3.05, 3.63) is 15.8 Å². The van der Waals surface area contributed by atoms with Crippen molar-refractivity contribution in [1.82, 2.24) is 4.72 Å². The molecule has 1 heterocycles. The number of hydrogen-bond donors (Lipinski definition) is 2. The van der Waals surface area contributed by atoms with Gasteiger partial charge in [-0.05, 0) is 32.8 Å². The van der Waals surface area contributed by atoms with E-state index >= 15 is 0 Å². The average Bonchev–Trinajstić information content (AvgIpc) is 2.54. The van der Waals surface area contributed by atoms with Gasteiger partial charge in [0, 0.05) is 15.8 Å². The van der Waals surface area contributed by atoms with Crippen molar-refractivity contribution in [2.75, 3.05) is 0 Å². The maximum atomic E-state index is 12.4. The molecular formula is C13H21NO3S2. The lowest BCUT2D eigenvalue weighted by atomic mass is 10.1. The highest BCUT2D eigenvalue weighted by atomic mass is 32.2. The predicted octanol–water partition coefficient (Wildman–Crippen LogP) is 2.34. The highest BCUT2D eigenvalue weighted by Gasteiger charge is 2.28. The lowest BCUT2D eigenvalue weighted by Gasteiger charge is -2.21. The molecule has 108 valence electrons. The summed E-state index contributed by atoms with van der Waals surface area (Å²) in [6.07, 6.45) is 3.81. The fraction of sp³-hybridized carbons (Fsp3) is 0.692. The van der Waals surface area contributed by atoms with Crippen molar-refractivity contribution in [3.63, 3.8) is 0 Å². The number of aliphatic hydroxyl groups is 1. The molecule has 0 saturated heterocycles. The molecule has 0 bridgehead atoms. The van der Waals surface area contributed by atoms with Gasteiger partial charge in [-0.25, -0.2) is 13.1 Å². The fourth-order valence-electron chi connectivity index (χ4n) is 2.56. The molecule has 1 saturated carbocycles. The molecule has 1 fully saturated rings. The normalized spacial score (nSPS) is 25.2. The Labute approximate surface area is 118 Å². The van der Waals surface area contributed by atoms with Crippen LogP contribution in [-0.4, -0.2) is 25.7 Å². The van der Waals surface area contributed by atoms with E-state index in [4.69, 9.17) is 0 Å². The van der Waals surface area contributed by atoms with Crippen molar-refractivity contribution >= 4 is 21.4 Å². The van der Waals surface area contributed by atoms with Crippen molar-refractivity contribution in [1.29, 1.82) is 0 Å². The number of thiophene rings is 1. The largest absolute Gasteiger partial charge is 0.391 e. The third kappa shape index (κ3) is 3.56. The van der Waals surface area contributed by atoms with E-state index in [-0.39, 0.29) is 6.04 Å². The maximum Gasteiger partial charge on any atom is 0.242 e. The van der Waals surface area contributed by atoms with Gasteiger partial charge in [-0.3, -0.25) is 0 Å². The first-order valence-corrected chi connectivity index (χ1v) is 8.97. The number of hydrogen-bond acceptors (Lipinski definition) is 4. The van der Waals surface area contributed by atoms with Crippen LogP contribution >= 0.6 is 11.3 Å². The van der Waals surface area contributed by atoms with E-state index in [0.29, 0.717) is 17.7 Å². The smallest absolute Gasteiger partial charge is 0.242 e. The Bertz CT molecular complexity index is 536. The zero-order chi connectivity index (χ0) is 14.0. The Kier molecular flexibility index (Phi) is 4.66. The summed E-state index contributed by atoms with van der Waals surface area (Å²) in [5, 5.41) is 10.0. The zero-order valence-corrected chi connectivity index (χ0v) is 13.0. The highest BCUT2D eigenvalue weighted by Crippen LogP contribution is 2.26. The van der Waals surface area contributed by atoms with E-state index in [2.05, 4.69) is 4.72 Å². The first-order valence-electron chi connectivity index (χ1n) is 6.67. The van der Waals surface area contributed by atoms with Gasteiger partial charge in [-0.1, -0.05) is 19.3 Å². The molecule has 1 aromatic rings. The molecule has 1 aliphatic rings. The minimum Gasteiger partial charge on any atom is -0.391 e. The lowest BCUT2D eigenvalue weighted by molar-refractivity contribution is 0.130. The molecule has 1 aromatic heterocycles. The number of aliphatic hydroxyl groups excluding tert-OH is 1. The number of aryl methyl sites for hydroxylation is 2. The van der Waals surface area contributed by atoms with Crippen LogP contribution in [0.3, 0.4) is 0 Å². The van der Waals surface area contributed by atoms with Gasteiger partial charge in [0.25, 0.3) is 0 Å². The minimum atomic E-state index is -3.52. The molecule has 2 rings (SSSR count). The third-order valence-electron chi connectivity index (χ3n) is 3.57. The Morgan fingerprint density at radius 3 is 2.58 bits per heavy atom. The summed E-state index contributed by atoms with van der Waals surface area (Å²) >= 11 is 1.48. The van der Waals surface area contributed by atoms with Crippen molar-refractivity contribution < 1.29 is 13.5 Å². The van der Waals surface area contributed by atoms with Gasteiger partial charge in [0.2, 0.25) is 10.0 Å². The van der Waals surface area contributed by atoms with Crippen LogP contribution < -0.4 is 4.72 Å². The van der Waals surface area contributed by atoms with E-state index in [9.17, 15) is 13.5 Å². The summed E-state index contributed by atoms with van der Waals surface area (Å²) in [6.45, 7) is 3.72. The molecule has 1 aliphatic carbocycles. The topological polar surface area (TPSA) is 66.4 Å². The van der Waals surface area contributed by atoms with Crippen LogP contribution in [0.4, 0.5) is 0 Å². The van der Waals surface area contributed by atoms with Crippen LogP contribution in [0.1, 0.15) is 41.9 Å². The summed E-state index contributed by atoms with van der Waals surface area (Å²) in [4.78, 5) is 2.14. The highest BCUT2D eigenvalue weighted by molar-refractivity contribution is 7.89. The zero-order valence-electron chi connectivity index (χ0n) is 11.3. The molecular weight excluding hydrogens is 282 g/mol. The molecule has 2 atom stereocenters. The van der Waals surface area contributed by atoms with Crippen LogP contribution in [0.2, 0.25) is 0 Å². The molecule has 2 N–H and O–H groups in total. The molecule has 0 spiro atoms. The molecule has 19 heavy (non-hydrogen) atoms. The molecule has 0 aromatic carbocycles. The summed E-state index contributed by atoms with van der Waals surface area (Å²) < 4.78 is 27.4. The Morgan fingerprint density at radius 1 is 1.26 bits per heavy atom. The molecule has 2 unspecified atom stereocenters. The van der Waals surface area contributed by atoms with Crippen LogP contribution in [-0.2, 0) is 10.0 Å². The second-order valence-corrected chi connectivity index (χ2v) is 8.35. The summed E-state index contributed by atoms with van der Waals surface area (Å²) in [5.74, 6) is 0. The van der Waals surface area contributed by atoms with E-state index in [0.717, 1.165) is 29.0 Å². The van der Waals surface area contributed by atoms with Crippen LogP contribution in [0.25, 0.3) is 0 Å². The van der Waals surface area contributed by atoms with Crippen molar-refractivity contribution in [2.45, 2.75) is 63.0 Å². The Hall–Kier alpha value is -0.430. The van der Waals surface area contributed by atoms with Gasteiger partial charge < -0.3 is 5.11 Å². The van der Waals surface area contributed by atoms with Crippen LogP contribution in [0.5, 0.6) is 0 Å². The monoisotopic (exact) mass is 303 g/mol. The SMILES string of the molecule is Cc1cc(S(=O)(=O)NC2CCCCCC2O)c(C)s1.